The summed E-state index contributed by atoms with van der Waals surface area (Å²) in [6, 6.07) is 10.9. The van der Waals surface area contributed by atoms with Crippen LogP contribution in [0, 0.1) is 0 Å². The lowest BCUT2D eigenvalue weighted by molar-refractivity contribution is 0.0955. The molecule has 1 saturated heterocycles. The molecule has 0 bridgehead atoms. The molecule has 9 heteroatoms. The normalized spacial score (nSPS) is 16.4. The molecule has 7 nitrogen and oxygen atoms in total. The molecule has 0 saturated carbocycles. The van der Waals surface area contributed by atoms with Crippen molar-refractivity contribution in [2.45, 2.75) is 19.4 Å². The number of amides is 1. The van der Waals surface area contributed by atoms with Crippen molar-refractivity contribution in [2.75, 3.05) is 37.6 Å². The number of rotatable bonds is 7. The molecule has 30 heavy (non-hydrogen) atoms. The fraction of sp³-hybridized carbons (Fsp3) is 0.381. The van der Waals surface area contributed by atoms with E-state index in [-0.39, 0.29) is 11.9 Å². The highest BCUT2D eigenvalue weighted by Gasteiger charge is 2.25. The number of aromatic nitrogens is 1. The summed E-state index contributed by atoms with van der Waals surface area (Å²) in [7, 11) is 0. The second-order valence-electron chi connectivity index (χ2n) is 6.88. The van der Waals surface area contributed by atoms with Gasteiger partial charge in [0.05, 0.1) is 22.2 Å². The van der Waals surface area contributed by atoms with Crippen LogP contribution in [0.25, 0.3) is 0 Å². The third-order valence-corrected chi connectivity index (χ3v) is 5.32. The maximum Gasteiger partial charge on any atom is 0.252 e. The number of aliphatic imine (C=N–C) groups is 1. The topological polar surface area (TPSA) is 81.6 Å². The number of nitrogens with one attached hydrogen (secondary N) is 3. The summed E-state index contributed by atoms with van der Waals surface area (Å²) in [6.07, 6.45) is 2.71. The van der Waals surface area contributed by atoms with Gasteiger partial charge in [-0.25, -0.2) is 4.98 Å². The summed E-state index contributed by atoms with van der Waals surface area (Å²) in [5.74, 6) is 1.34. The van der Waals surface area contributed by atoms with Gasteiger partial charge >= 0.3 is 0 Å². The summed E-state index contributed by atoms with van der Waals surface area (Å²) < 4.78 is 0. The number of pyridine rings is 1. The number of hydrogen-bond acceptors (Lipinski definition) is 4. The van der Waals surface area contributed by atoms with Crippen LogP contribution in [0.3, 0.4) is 0 Å². The average molecular weight is 449 g/mol. The number of halogens is 2. The molecule has 1 aliphatic rings. The molecule has 1 unspecified atom stereocenters. The first kappa shape index (κ1) is 22.2. The second kappa shape index (κ2) is 11.0. The van der Waals surface area contributed by atoms with E-state index in [1.165, 1.54) is 0 Å². The Morgan fingerprint density at radius 1 is 1.20 bits per heavy atom. The van der Waals surface area contributed by atoms with Crippen LogP contribution >= 0.6 is 23.2 Å². The Labute approximate surface area is 186 Å². The van der Waals surface area contributed by atoms with Crippen molar-refractivity contribution in [3.8, 4) is 0 Å². The quantitative estimate of drug-likeness (QED) is 0.344. The van der Waals surface area contributed by atoms with Gasteiger partial charge in [-0.05, 0) is 37.6 Å². The van der Waals surface area contributed by atoms with Crippen LogP contribution in [0.4, 0.5) is 5.82 Å². The van der Waals surface area contributed by atoms with E-state index in [9.17, 15) is 4.79 Å². The van der Waals surface area contributed by atoms with Gasteiger partial charge in [-0.3, -0.25) is 9.79 Å². The first-order chi connectivity index (χ1) is 14.6. The number of benzene rings is 1. The largest absolute Gasteiger partial charge is 0.357 e. The lowest BCUT2D eigenvalue weighted by Crippen LogP contribution is -2.45. The number of carbonyl (C=O) groups excluding carboxylic acids is 1. The minimum absolute atomic E-state index is 0.201. The summed E-state index contributed by atoms with van der Waals surface area (Å²) in [6.45, 7) is 5.31. The smallest absolute Gasteiger partial charge is 0.252 e. The van der Waals surface area contributed by atoms with Crippen molar-refractivity contribution >= 4 is 40.9 Å². The van der Waals surface area contributed by atoms with Crippen molar-refractivity contribution in [1.29, 1.82) is 0 Å². The Kier molecular flexibility index (Phi) is 8.16. The predicted molar refractivity (Wildman–Crippen MR) is 123 cm³/mol. The number of nitrogens with zero attached hydrogens (tertiary/aromatic N) is 3. The maximum absolute atomic E-state index is 12.2. The molecule has 160 valence electrons. The van der Waals surface area contributed by atoms with Crippen molar-refractivity contribution in [3.63, 3.8) is 0 Å². The Morgan fingerprint density at radius 3 is 2.77 bits per heavy atom. The molecule has 1 amide bonds. The Morgan fingerprint density at radius 2 is 2.00 bits per heavy atom. The van der Waals surface area contributed by atoms with E-state index >= 15 is 0 Å². The van der Waals surface area contributed by atoms with E-state index in [1.807, 2.05) is 19.1 Å². The van der Waals surface area contributed by atoms with Crippen molar-refractivity contribution in [3.05, 3.63) is 58.2 Å². The van der Waals surface area contributed by atoms with E-state index in [0.29, 0.717) is 28.7 Å². The van der Waals surface area contributed by atoms with Crippen LogP contribution in [0.15, 0.2) is 47.6 Å². The molecule has 1 aliphatic heterocycles. The average Bonchev–Trinajstić information content (AvgIpc) is 3.20. The van der Waals surface area contributed by atoms with Crippen LogP contribution in [0.5, 0.6) is 0 Å². The fourth-order valence-corrected chi connectivity index (χ4v) is 3.73. The first-order valence-electron chi connectivity index (χ1n) is 10.0. The Balaban J connectivity index is 1.49. The predicted octanol–water partition coefficient (Wildman–Crippen LogP) is 2.95. The fourth-order valence-electron chi connectivity index (χ4n) is 3.27. The molecule has 1 atom stereocenters. The van der Waals surface area contributed by atoms with Gasteiger partial charge in [-0.1, -0.05) is 35.3 Å². The number of carbonyl (C=O) groups is 1. The zero-order valence-electron chi connectivity index (χ0n) is 16.9. The molecule has 1 aromatic carbocycles. The molecule has 0 aliphatic carbocycles. The zero-order valence-corrected chi connectivity index (χ0v) is 18.4. The van der Waals surface area contributed by atoms with Gasteiger partial charge in [0.25, 0.3) is 5.91 Å². The highest BCUT2D eigenvalue weighted by Crippen LogP contribution is 2.25. The van der Waals surface area contributed by atoms with Crippen LogP contribution in [0.2, 0.25) is 10.0 Å². The van der Waals surface area contributed by atoms with E-state index in [4.69, 9.17) is 23.2 Å². The van der Waals surface area contributed by atoms with Gasteiger partial charge in [-0.15, -0.1) is 0 Å². The Hall–Kier alpha value is -2.51. The van der Waals surface area contributed by atoms with E-state index in [0.717, 1.165) is 37.8 Å². The van der Waals surface area contributed by atoms with Crippen molar-refractivity contribution in [1.82, 2.24) is 20.9 Å². The van der Waals surface area contributed by atoms with Gasteiger partial charge < -0.3 is 20.9 Å². The van der Waals surface area contributed by atoms with Crippen LogP contribution in [-0.4, -0.2) is 55.6 Å². The Bertz CT molecular complexity index is 891. The summed E-state index contributed by atoms with van der Waals surface area (Å²) >= 11 is 12.3. The number of hydrogen-bond donors (Lipinski definition) is 3. The molecule has 0 spiro atoms. The standard InChI is InChI=1S/C21H26Cl2N6O/c1-2-24-21(27-12-11-26-20(30)16-6-3-4-7-17(16)22)28-15-9-13-29(14-15)19-18(23)8-5-10-25-19/h3-8,10,15H,2,9,11-14H2,1H3,(H,26,30)(H2,24,27,28). The molecule has 3 rings (SSSR count). The van der Waals surface area contributed by atoms with E-state index in [1.54, 1.807) is 30.5 Å². The lowest BCUT2D eigenvalue weighted by atomic mass is 10.2. The third-order valence-electron chi connectivity index (χ3n) is 4.70. The monoisotopic (exact) mass is 448 g/mol. The summed E-state index contributed by atoms with van der Waals surface area (Å²) in [5.41, 5.74) is 0.465. The van der Waals surface area contributed by atoms with Gasteiger partial charge in [-0.2, -0.15) is 0 Å². The van der Waals surface area contributed by atoms with Gasteiger partial charge in [0.1, 0.15) is 5.82 Å². The molecule has 2 aromatic rings. The highest BCUT2D eigenvalue weighted by molar-refractivity contribution is 6.33. The molecule has 0 radical (unpaired) electrons. The molecule has 1 fully saturated rings. The zero-order chi connectivity index (χ0) is 21.3. The molecule has 2 heterocycles. The second-order valence-corrected chi connectivity index (χ2v) is 7.70. The number of anilines is 1. The van der Waals surface area contributed by atoms with Crippen LogP contribution < -0.4 is 20.9 Å². The van der Waals surface area contributed by atoms with Crippen LogP contribution in [0.1, 0.15) is 23.7 Å². The minimum atomic E-state index is -0.201. The molecular formula is C21H26Cl2N6O. The molecule has 1 aromatic heterocycles. The third kappa shape index (κ3) is 6.00. The van der Waals surface area contributed by atoms with E-state index < -0.39 is 0 Å². The van der Waals surface area contributed by atoms with Gasteiger partial charge in [0.2, 0.25) is 0 Å². The highest BCUT2D eigenvalue weighted by atomic mass is 35.5. The summed E-state index contributed by atoms with van der Waals surface area (Å²) in [5, 5.41) is 10.7. The van der Waals surface area contributed by atoms with Crippen molar-refractivity contribution in [2.24, 2.45) is 4.99 Å². The van der Waals surface area contributed by atoms with Crippen molar-refractivity contribution < 1.29 is 4.79 Å². The van der Waals surface area contributed by atoms with Gasteiger partial charge in [0.15, 0.2) is 5.96 Å². The molecule has 3 N–H and O–H groups in total. The molecular weight excluding hydrogens is 423 g/mol. The lowest BCUT2D eigenvalue weighted by Gasteiger charge is -2.20. The SMILES string of the molecule is CCNC(=NCCNC(=O)c1ccccc1Cl)NC1CCN(c2ncccc2Cl)C1. The van der Waals surface area contributed by atoms with Crippen LogP contribution in [-0.2, 0) is 0 Å². The van der Waals surface area contributed by atoms with Gasteiger partial charge in [0, 0.05) is 38.4 Å². The van der Waals surface area contributed by atoms with E-state index in [2.05, 4.69) is 30.8 Å². The number of guanidine groups is 1. The minimum Gasteiger partial charge on any atom is -0.357 e. The maximum atomic E-state index is 12.2. The first-order valence-corrected chi connectivity index (χ1v) is 10.8. The summed E-state index contributed by atoms with van der Waals surface area (Å²) in [4.78, 5) is 23.3.